The molecule has 1 heterocycles. The largest absolute Gasteiger partial charge is 0.381 e. The Balaban J connectivity index is 1.81. The van der Waals surface area contributed by atoms with Crippen LogP contribution < -0.4 is 5.73 Å². The molecule has 2 aliphatic rings. The van der Waals surface area contributed by atoms with Gasteiger partial charge in [0.15, 0.2) is 0 Å². The summed E-state index contributed by atoms with van der Waals surface area (Å²) in [5, 5.41) is 0. The summed E-state index contributed by atoms with van der Waals surface area (Å²) in [5.41, 5.74) is 5.76. The highest BCUT2D eigenvalue weighted by Gasteiger charge is 2.40. The Kier molecular flexibility index (Phi) is 1.66. The number of ether oxygens (including phenoxy) is 1. The standard InChI is InChI=1S/C8H15NO/c9-8-5-7(8)6-1-3-10-4-2-6/h6-8H,1-5,9H2. The van der Waals surface area contributed by atoms with Crippen LogP contribution in [-0.2, 0) is 4.74 Å². The zero-order valence-corrected chi connectivity index (χ0v) is 6.25. The van der Waals surface area contributed by atoms with Crippen molar-refractivity contribution in [2.24, 2.45) is 17.6 Å². The molecular formula is C8H15NO. The first-order valence-electron chi connectivity index (χ1n) is 4.21. The van der Waals surface area contributed by atoms with E-state index in [0.29, 0.717) is 6.04 Å². The highest BCUT2D eigenvalue weighted by molar-refractivity contribution is 4.95. The summed E-state index contributed by atoms with van der Waals surface area (Å²) in [6.45, 7) is 1.93. The summed E-state index contributed by atoms with van der Waals surface area (Å²) < 4.78 is 5.27. The normalized spacial score (nSPS) is 41.7. The average Bonchev–Trinajstić information content (AvgIpc) is 2.69. The molecule has 1 saturated carbocycles. The molecule has 0 amide bonds. The van der Waals surface area contributed by atoms with E-state index >= 15 is 0 Å². The van der Waals surface area contributed by atoms with Crippen molar-refractivity contribution >= 4 is 0 Å². The van der Waals surface area contributed by atoms with Gasteiger partial charge in [0.25, 0.3) is 0 Å². The molecule has 2 rings (SSSR count). The second-order valence-electron chi connectivity index (χ2n) is 3.51. The van der Waals surface area contributed by atoms with E-state index in [2.05, 4.69) is 0 Å². The third kappa shape index (κ3) is 1.18. The predicted molar refractivity (Wildman–Crippen MR) is 39.6 cm³/mol. The number of rotatable bonds is 1. The molecular weight excluding hydrogens is 126 g/mol. The van der Waals surface area contributed by atoms with Gasteiger partial charge in [-0.3, -0.25) is 0 Å². The van der Waals surface area contributed by atoms with Gasteiger partial charge in [0.05, 0.1) is 0 Å². The lowest BCUT2D eigenvalue weighted by Crippen LogP contribution is -2.20. The summed E-state index contributed by atoms with van der Waals surface area (Å²) in [7, 11) is 0. The highest BCUT2D eigenvalue weighted by Crippen LogP contribution is 2.40. The summed E-state index contributed by atoms with van der Waals surface area (Å²) in [4.78, 5) is 0. The third-order valence-corrected chi connectivity index (χ3v) is 2.76. The van der Waals surface area contributed by atoms with Gasteiger partial charge in [-0.2, -0.15) is 0 Å². The molecule has 0 aromatic rings. The number of nitrogens with two attached hydrogens (primary N) is 1. The molecule has 0 spiro atoms. The maximum absolute atomic E-state index is 5.76. The molecule has 0 aromatic carbocycles. The van der Waals surface area contributed by atoms with Crippen LogP contribution in [0.1, 0.15) is 19.3 Å². The van der Waals surface area contributed by atoms with Crippen molar-refractivity contribution < 1.29 is 4.74 Å². The van der Waals surface area contributed by atoms with Crippen molar-refractivity contribution in [3.05, 3.63) is 0 Å². The van der Waals surface area contributed by atoms with Crippen LogP contribution in [0.15, 0.2) is 0 Å². The van der Waals surface area contributed by atoms with Crippen molar-refractivity contribution in [2.75, 3.05) is 13.2 Å². The zero-order valence-electron chi connectivity index (χ0n) is 6.25. The van der Waals surface area contributed by atoms with Crippen LogP contribution in [0.3, 0.4) is 0 Å². The fraction of sp³-hybridized carbons (Fsp3) is 1.00. The first-order valence-corrected chi connectivity index (χ1v) is 4.21. The topological polar surface area (TPSA) is 35.2 Å². The first-order chi connectivity index (χ1) is 4.88. The molecule has 0 bridgehead atoms. The number of hydrogen-bond acceptors (Lipinski definition) is 2. The average molecular weight is 141 g/mol. The molecule has 10 heavy (non-hydrogen) atoms. The van der Waals surface area contributed by atoms with E-state index in [1.807, 2.05) is 0 Å². The summed E-state index contributed by atoms with van der Waals surface area (Å²) >= 11 is 0. The van der Waals surface area contributed by atoms with Gasteiger partial charge in [0, 0.05) is 19.3 Å². The fourth-order valence-corrected chi connectivity index (χ4v) is 1.92. The summed E-state index contributed by atoms with van der Waals surface area (Å²) in [5.74, 6) is 1.74. The molecule has 1 saturated heterocycles. The lowest BCUT2D eigenvalue weighted by Gasteiger charge is -2.21. The fourth-order valence-electron chi connectivity index (χ4n) is 1.92. The van der Waals surface area contributed by atoms with E-state index in [-0.39, 0.29) is 0 Å². The zero-order chi connectivity index (χ0) is 6.97. The maximum Gasteiger partial charge on any atom is 0.0468 e. The van der Waals surface area contributed by atoms with Gasteiger partial charge >= 0.3 is 0 Å². The van der Waals surface area contributed by atoms with Gasteiger partial charge in [-0.1, -0.05) is 0 Å². The lowest BCUT2D eigenvalue weighted by molar-refractivity contribution is 0.0593. The number of hydrogen-bond donors (Lipinski definition) is 1. The molecule has 2 unspecified atom stereocenters. The van der Waals surface area contributed by atoms with E-state index in [1.165, 1.54) is 19.3 Å². The van der Waals surface area contributed by atoms with E-state index in [1.54, 1.807) is 0 Å². The third-order valence-electron chi connectivity index (χ3n) is 2.76. The Morgan fingerprint density at radius 1 is 1.20 bits per heavy atom. The summed E-state index contributed by atoms with van der Waals surface area (Å²) in [6, 6.07) is 0.531. The Morgan fingerprint density at radius 3 is 2.30 bits per heavy atom. The van der Waals surface area contributed by atoms with Crippen LogP contribution in [-0.4, -0.2) is 19.3 Å². The minimum absolute atomic E-state index is 0.531. The monoisotopic (exact) mass is 141 g/mol. The van der Waals surface area contributed by atoms with Crippen LogP contribution in [0.2, 0.25) is 0 Å². The maximum atomic E-state index is 5.76. The minimum atomic E-state index is 0.531. The smallest absolute Gasteiger partial charge is 0.0468 e. The molecule has 2 N–H and O–H groups in total. The van der Waals surface area contributed by atoms with E-state index in [4.69, 9.17) is 10.5 Å². The summed E-state index contributed by atoms with van der Waals surface area (Å²) in [6.07, 6.45) is 3.77. The van der Waals surface area contributed by atoms with Crippen molar-refractivity contribution in [2.45, 2.75) is 25.3 Å². The molecule has 2 nitrogen and oxygen atoms in total. The van der Waals surface area contributed by atoms with Gasteiger partial charge in [-0.15, -0.1) is 0 Å². The highest BCUT2D eigenvalue weighted by atomic mass is 16.5. The molecule has 58 valence electrons. The molecule has 0 radical (unpaired) electrons. The van der Waals surface area contributed by atoms with Gasteiger partial charge < -0.3 is 10.5 Å². The van der Waals surface area contributed by atoms with Crippen LogP contribution in [0.25, 0.3) is 0 Å². The SMILES string of the molecule is NC1CC1C1CCOCC1. The van der Waals surface area contributed by atoms with Crippen LogP contribution in [0.4, 0.5) is 0 Å². The molecule has 1 aliphatic carbocycles. The van der Waals surface area contributed by atoms with Gasteiger partial charge in [-0.25, -0.2) is 0 Å². The predicted octanol–water partition coefficient (Wildman–Crippen LogP) is 0.760. The molecule has 0 aromatic heterocycles. The van der Waals surface area contributed by atoms with Crippen LogP contribution in [0.5, 0.6) is 0 Å². The molecule has 1 aliphatic heterocycles. The second kappa shape index (κ2) is 2.51. The lowest BCUT2D eigenvalue weighted by atomic mass is 9.95. The Labute approximate surface area is 61.7 Å². The van der Waals surface area contributed by atoms with Crippen molar-refractivity contribution in [3.8, 4) is 0 Å². The van der Waals surface area contributed by atoms with Crippen LogP contribution in [0, 0.1) is 11.8 Å². The molecule has 2 fully saturated rings. The van der Waals surface area contributed by atoms with Gasteiger partial charge in [-0.05, 0) is 31.1 Å². The first kappa shape index (κ1) is 6.62. The Morgan fingerprint density at radius 2 is 1.80 bits per heavy atom. The van der Waals surface area contributed by atoms with E-state index in [9.17, 15) is 0 Å². The molecule has 2 heteroatoms. The van der Waals surface area contributed by atoms with E-state index < -0.39 is 0 Å². The Hall–Kier alpha value is -0.0800. The molecule has 2 atom stereocenters. The Bertz CT molecular complexity index is 120. The van der Waals surface area contributed by atoms with Crippen molar-refractivity contribution in [1.82, 2.24) is 0 Å². The second-order valence-corrected chi connectivity index (χ2v) is 3.51. The van der Waals surface area contributed by atoms with Crippen molar-refractivity contribution in [1.29, 1.82) is 0 Å². The quantitative estimate of drug-likeness (QED) is 0.585. The minimum Gasteiger partial charge on any atom is -0.381 e. The van der Waals surface area contributed by atoms with Crippen LogP contribution >= 0.6 is 0 Å². The van der Waals surface area contributed by atoms with E-state index in [0.717, 1.165) is 25.0 Å². The van der Waals surface area contributed by atoms with Gasteiger partial charge in [0.1, 0.15) is 0 Å². The van der Waals surface area contributed by atoms with Gasteiger partial charge in [0.2, 0.25) is 0 Å². The van der Waals surface area contributed by atoms with Crippen molar-refractivity contribution in [3.63, 3.8) is 0 Å².